The van der Waals surface area contributed by atoms with E-state index >= 15 is 0 Å². The van der Waals surface area contributed by atoms with Gasteiger partial charge in [-0.1, -0.05) is 32.2 Å². The number of aliphatic hydroxyl groups is 5. The van der Waals surface area contributed by atoms with E-state index in [9.17, 15) is 30.3 Å². The molecule has 8 aliphatic rings. The molecule has 0 amide bonds. The normalized spacial score (nSPS) is 47.5. The van der Waals surface area contributed by atoms with Crippen LogP contribution in [-0.4, -0.2) is 155 Å². The number of thiol groups is 1. The molecule has 13 nitrogen and oxygen atoms in total. The molecule has 5 N–H and O–H groups in total. The molecule has 8 bridgehead atoms. The van der Waals surface area contributed by atoms with E-state index in [2.05, 4.69) is 20.1 Å². The average Bonchev–Trinajstić information content (AvgIpc) is 3.70. The van der Waals surface area contributed by atoms with Gasteiger partial charge in [-0.15, -0.1) is 0 Å². The Bertz CT molecular complexity index is 1350. The highest BCUT2D eigenvalue weighted by Gasteiger charge is 2.53. The summed E-state index contributed by atoms with van der Waals surface area (Å²) in [5.74, 6) is -0.503. The minimum absolute atomic E-state index is 0.0269. The van der Waals surface area contributed by atoms with Crippen LogP contribution in [0, 0.1) is 11.8 Å². The second-order valence-corrected chi connectivity index (χ2v) is 17.3. The fourth-order valence-electron chi connectivity index (χ4n) is 9.77. The molecular formula is C41H64O13S. The van der Waals surface area contributed by atoms with Gasteiger partial charge in [-0.25, -0.2) is 0 Å². The first-order valence-electron chi connectivity index (χ1n) is 20.2. The third-order valence-electron chi connectivity index (χ3n) is 12.9. The van der Waals surface area contributed by atoms with Crippen LogP contribution in [0.4, 0.5) is 0 Å². The highest BCUT2D eigenvalue weighted by atomic mass is 32.1. The molecule has 0 aromatic rings. The van der Waals surface area contributed by atoms with Crippen molar-refractivity contribution < 1.29 is 63.5 Å². The molecule has 0 aromatic heterocycles. The molecule has 0 aromatic carbocycles. The number of fused-ring (bicyclic) bond motifs is 2. The third kappa shape index (κ3) is 9.97. The van der Waals surface area contributed by atoms with Gasteiger partial charge in [0.2, 0.25) is 0 Å². The van der Waals surface area contributed by atoms with E-state index in [4.69, 9.17) is 45.8 Å². The first kappa shape index (κ1) is 43.3. The van der Waals surface area contributed by atoms with Crippen molar-refractivity contribution in [1.29, 1.82) is 0 Å². The lowest BCUT2D eigenvalue weighted by molar-refractivity contribution is -0.278. The maximum absolute atomic E-state index is 14.1. The fraction of sp³-hybridized carbons (Fsp3) is 0.829. The molecule has 55 heavy (non-hydrogen) atoms. The van der Waals surface area contributed by atoms with Crippen molar-refractivity contribution >= 4 is 18.4 Å². The number of carbonyl (C=O) groups is 1. The standard InChI is InChI=1S/C41H64O13S/c1-20-14-26-9-12-30-21(2)15-25(50-30)8-6-23(43)7-11-28(45)37-40(49-5)36(47)39-31(54-37)13-10-27(52-39)17-29(46)41(55)35-33(18-32(51-26)22(20)3)53-34(38(35)48-4)16-24(44)19-42/h7,11,20,23-28,30-45,47,55H,2-3,6,8-10,12-19H2,1,4-5H3/b11-7+/t20?,23?,24?,25?,26?,27-,28?,30+,31?,32?,33+,34-,35?,36+,37?,38+,39?,40+,41?/m1/s1. The summed E-state index contributed by atoms with van der Waals surface area (Å²) in [6, 6.07) is 0. The van der Waals surface area contributed by atoms with Crippen LogP contribution in [0.1, 0.15) is 77.6 Å². The number of hydrogen-bond acceptors (Lipinski definition) is 14. The molecule has 0 spiro atoms. The Balaban J connectivity index is 1.26. The summed E-state index contributed by atoms with van der Waals surface area (Å²) in [6.07, 6.45) is -1.59. The van der Waals surface area contributed by atoms with Crippen LogP contribution in [0.3, 0.4) is 0 Å². The van der Waals surface area contributed by atoms with Crippen molar-refractivity contribution in [2.75, 3.05) is 20.8 Å². The fourth-order valence-corrected chi connectivity index (χ4v) is 10.2. The molecule has 14 heteroatoms. The molecule has 8 aliphatic heterocycles. The first-order valence-corrected chi connectivity index (χ1v) is 20.7. The van der Waals surface area contributed by atoms with Crippen LogP contribution in [-0.2, 0) is 38.0 Å². The van der Waals surface area contributed by atoms with Gasteiger partial charge in [0.1, 0.15) is 36.3 Å². The van der Waals surface area contributed by atoms with E-state index in [0.717, 1.165) is 30.4 Å². The predicted molar refractivity (Wildman–Crippen MR) is 205 cm³/mol. The van der Waals surface area contributed by atoms with Crippen molar-refractivity contribution in [3.05, 3.63) is 36.5 Å². The smallest absolute Gasteiger partial charge is 0.148 e. The number of hydrogen-bond donors (Lipinski definition) is 6. The van der Waals surface area contributed by atoms with Gasteiger partial charge in [0.05, 0.1) is 79.0 Å². The van der Waals surface area contributed by atoms with Gasteiger partial charge in [0.25, 0.3) is 0 Å². The molecule has 312 valence electrons. The van der Waals surface area contributed by atoms with Crippen LogP contribution >= 0.6 is 12.6 Å². The van der Waals surface area contributed by atoms with Gasteiger partial charge in [-0.2, -0.15) is 12.6 Å². The summed E-state index contributed by atoms with van der Waals surface area (Å²) >= 11 is 4.93. The number of Topliss-reactive ketones (excluding diaryl/α,β-unsaturated/α-hetero) is 1. The summed E-state index contributed by atoms with van der Waals surface area (Å²) in [5, 5.41) is 52.7. The predicted octanol–water partition coefficient (Wildman–Crippen LogP) is 2.38. The number of aliphatic hydroxyl groups excluding tert-OH is 5. The largest absolute Gasteiger partial charge is 0.394 e. The van der Waals surface area contributed by atoms with Crippen LogP contribution in [0.25, 0.3) is 0 Å². The van der Waals surface area contributed by atoms with Crippen molar-refractivity contribution in [2.24, 2.45) is 11.8 Å². The van der Waals surface area contributed by atoms with E-state index in [1.54, 1.807) is 13.2 Å². The molecule has 5 fully saturated rings. The Kier molecular flexibility index (Phi) is 15.1. The monoisotopic (exact) mass is 796 g/mol. The van der Waals surface area contributed by atoms with E-state index in [1.165, 1.54) is 13.2 Å². The number of rotatable bonds is 5. The molecule has 12 unspecified atom stereocenters. The van der Waals surface area contributed by atoms with Crippen molar-refractivity contribution in [3.8, 4) is 0 Å². The Labute approximate surface area is 330 Å². The number of ketones is 1. The summed E-state index contributed by atoms with van der Waals surface area (Å²) < 4.78 is 44.0. The van der Waals surface area contributed by atoms with Crippen molar-refractivity contribution in [3.63, 3.8) is 0 Å². The lowest BCUT2D eigenvalue weighted by Crippen LogP contribution is -2.63. The number of methoxy groups -OCH3 is 2. The third-order valence-corrected chi connectivity index (χ3v) is 13.5. The van der Waals surface area contributed by atoms with Gasteiger partial charge in [0.15, 0.2) is 0 Å². The van der Waals surface area contributed by atoms with Crippen molar-refractivity contribution in [2.45, 2.75) is 180 Å². The lowest BCUT2D eigenvalue weighted by atomic mass is 9.81. The summed E-state index contributed by atoms with van der Waals surface area (Å²) in [7, 11) is 2.98. The van der Waals surface area contributed by atoms with Crippen LogP contribution in [0.5, 0.6) is 0 Å². The van der Waals surface area contributed by atoms with Crippen molar-refractivity contribution in [1.82, 2.24) is 0 Å². The zero-order valence-corrected chi connectivity index (χ0v) is 33.4. The van der Waals surface area contributed by atoms with E-state index in [1.807, 2.05) is 0 Å². The molecule has 0 saturated carbocycles. The topological polar surface area (TPSA) is 183 Å². The second kappa shape index (κ2) is 19.2. The Hall–Kier alpha value is -1.24. The number of carbonyl (C=O) groups excluding carboxylic acids is 1. The Morgan fingerprint density at radius 3 is 2.24 bits per heavy atom. The molecule has 8 heterocycles. The molecule has 0 aliphatic carbocycles. The molecule has 8 rings (SSSR count). The zero-order chi connectivity index (χ0) is 39.6. The van der Waals surface area contributed by atoms with Crippen LogP contribution in [0.15, 0.2) is 36.5 Å². The molecular weight excluding hydrogens is 733 g/mol. The quantitative estimate of drug-likeness (QED) is 0.177. The minimum Gasteiger partial charge on any atom is -0.394 e. The van der Waals surface area contributed by atoms with Gasteiger partial charge in [-0.3, -0.25) is 4.79 Å². The Morgan fingerprint density at radius 1 is 0.818 bits per heavy atom. The Morgan fingerprint density at radius 2 is 1.51 bits per heavy atom. The number of ether oxygens (including phenoxy) is 7. The summed E-state index contributed by atoms with van der Waals surface area (Å²) in [6.45, 7) is 10.4. The molecule has 5 saturated heterocycles. The highest BCUT2D eigenvalue weighted by molar-refractivity contribution is 7.81. The molecule has 19 atom stereocenters. The average molecular weight is 797 g/mol. The first-order chi connectivity index (χ1) is 26.3. The minimum atomic E-state index is -1.16. The maximum atomic E-state index is 14.1. The highest BCUT2D eigenvalue weighted by Crippen LogP contribution is 2.43. The maximum Gasteiger partial charge on any atom is 0.148 e. The van der Waals surface area contributed by atoms with Gasteiger partial charge in [-0.05, 0) is 68.4 Å². The second-order valence-electron chi connectivity index (χ2n) is 16.7. The SMILES string of the molecule is C=C1C(C)CC2CC[C@@H]3OC(CCC(O)/C=C/C(O)C4OC5CC[C@H](CC(=O)C(S)C6[C@H](CC1O2)O[C@H](CC(O)CO)[C@@H]6OC)OC5[C@H](O)[C@@H]4OC)CC3=C. The van der Waals surface area contributed by atoms with Gasteiger partial charge < -0.3 is 58.7 Å². The van der Waals surface area contributed by atoms with E-state index < -0.39 is 91.0 Å². The van der Waals surface area contributed by atoms with Gasteiger partial charge >= 0.3 is 0 Å². The molecule has 0 radical (unpaired) electrons. The van der Waals surface area contributed by atoms with Crippen LogP contribution in [0.2, 0.25) is 0 Å². The summed E-state index contributed by atoms with van der Waals surface area (Å²) in [4.78, 5) is 14.1. The van der Waals surface area contributed by atoms with Crippen LogP contribution < -0.4 is 0 Å². The van der Waals surface area contributed by atoms with E-state index in [-0.39, 0.29) is 49.0 Å². The zero-order valence-electron chi connectivity index (χ0n) is 32.5. The van der Waals surface area contributed by atoms with E-state index in [0.29, 0.717) is 38.5 Å². The van der Waals surface area contributed by atoms with Gasteiger partial charge in [0, 0.05) is 39.4 Å². The lowest BCUT2D eigenvalue weighted by Gasteiger charge is -2.48. The summed E-state index contributed by atoms with van der Waals surface area (Å²) in [5.41, 5.74) is 1.98.